The summed E-state index contributed by atoms with van der Waals surface area (Å²) in [5.74, 6) is -0.196. The van der Waals surface area contributed by atoms with Crippen LogP contribution in [0.1, 0.15) is 74.8 Å². The standard InChI is InChI=1S/C17H29NO2/c1-4-6-7-8-9-10-11-13-18-14-12-15(3)16(18)17(19)20-5-2/h12,14H,4-11,13H2,1-3H3. The highest BCUT2D eigenvalue weighted by Gasteiger charge is 2.15. The number of carbonyl (C=O) groups is 1. The van der Waals surface area contributed by atoms with E-state index in [4.69, 9.17) is 4.74 Å². The van der Waals surface area contributed by atoms with Crippen LogP contribution in [-0.4, -0.2) is 17.1 Å². The van der Waals surface area contributed by atoms with E-state index in [1.807, 2.05) is 30.7 Å². The molecule has 3 nitrogen and oxygen atoms in total. The van der Waals surface area contributed by atoms with Gasteiger partial charge in [0.2, 0.25) is 0 Å². The number of nitrogens with zero attached hydrogens (tertiary/aromatic N) is 1. The quantitative estimate of drug-likeness (QED) is 0.458. The molecule has 0 unspecified atom stereocenters. The zero-order valence-corrected chi connectivity index (χ0v) is 13.3. The van der Waals surface area contributed by atoms with Gasteiger partial charge in [-0.25, -0.2) is 4.79 Å². The Morgan fingerprint density at radius 1 is 1.10 bits per heavy atom. The molecular weight excluding hydrogens is 250 g/mol. The summed E-state index contributed by atoms with van der Waals surface area (Å²) in [5, 5.41) is 0. The number of rotatable bonds is 10. The van der Waals surface area contributed by atoms with Gasteiger partial charge in [0.1, 0.15) is 5.69 Å². The molecule has 0 aliphatic rings. The number of hydrogen-bond donors (Lipinski definition) is 0. The highest BCUT2D eigenvalue weighted by molar-refractivity contribution is 5.89. The van der Waals surface area contributed by atoms with Crippen LogP contribution < -0.4 is 0 Å². The van der Waals surface area contributed by atoms with Gasteiger partial charge in [0.15, 0.2) is 0 Å². The number of esters is 1. The van der Waals surface area contributed by atoms with Gasteiger partial charge >= 0.3 is 5.97 Å². The van der Waals surface area contributed by atoms with Crippen LogP contribution in [0.5, 0.6) is 0 Å². The Bertz CT molecular complexity index is 396. The van der Waals surface area contributed by atoms with Crippen LogP contribution in [0, 0.1) is 6.92 Å². The normalized spacial score (nSPS) is 10.8. The average Bonchev–Trinajstić information content (AvgIpc) is 2.79. The molecule has 1 rings (SSSR count). The maximum atomic E-state index is 11.9. The van der Waals surface area contributed by atoms with E-state index < -0.39 is 0 Å². The minimum absolute atomic E-state index is 0.196. The van der Waals surface area contributed by atoms with Gasteiger partial charge in [-0.1, -0.05) is 45.4 Å². The lowest BCUT2D eigenvalue weighted by Gasteiger charge is -2.09. The molecule has 0 saturated heterocycles. The molecule has 1 heterocycles. The molecule has 114 valence electrons. The number of ether oxygens (including phenoxy) is 1. The van der Waals surface area contributed by atoms with Crippen LogP contribution in [-0.2, 0) is 11.3 Å². The van der Waals surface area contributed by atoms with Crippen molar-refractivity contribution in [1.29, 1.82) is 0 Å². The van der Waals surface area contributed by atoms with Crippen LogP contribution >= 0.6 is 0 Å². The minimum Gasteiger partial charge on any atom is -0.461 e. The zero-order valence-electron chi connectivity index (χ0n) is 13.3. The van der Waals surface area contributed by atoms with Gasteiger partial charge in [0, 0.05) is 12.7 Å². The molecular formula is C17H29NO2. The van der Waals surface area contributed by atoms with Gasteiger partial charge in [-0.2, -0.15) is 0 Å². The molecule has 0 amide bonds. The van der Waals surface area contributed by atoms with Gasteiger partial charge in [-0.15, -0.1) is 0 Å². The third kappa shape index (κ3) is 5.40. The Balaban J connectivity index is 2.35. The molecule has 3 heteroatoms. The Labute approximate surface area is 123 Å². The van der Waals surface area contributed by atoms with Crippen molar-refractivity contribution in [2.24, 2.45) is 0 Å². The number of hydrogen-bond acceptors (Lipinski definition) is 2. The lowest BCUT2D eigenvalue weighted by atomic mass is 10.1. The molecule has 0 fully saturated rings. The first-order valence-corrected chi connectivity index (χ1v) is 8.03. The molecule has 0 spiro atoms. The van der Waals surface area contributed by atoms with E-state index in [1.165, 1.54) is 38.5 Å². The summed E-state index contributed by atoms with van der Waals surface area (Å²) in [6.45, 7) is 7.40. The third-order valence-electron chi connectivity index (χ3n) is 3.64. The van der Waals surface area contributed by atoms with E-state index in [0.29, 0.717) is 6.61 Å². The van der Waals surface area contributed by atoms with Gasteiger partial charge < -0.3 is 9.30 Å². The average molecular weight is 279 g/mol. The SMILES string of the molecule is CCCCCCCCCn1ccc(C)c1C(=O)OCC. The molecule has 0 N–H and O–H groups in total. The molecule has 0 aliphatic heterocycles. The second-order valence-electron chi connectivity index (χ2n) is 5.38. The molecule has 0 aromatic carbocycles. The van der Waals surface area contributed by atoms with Crippen molar-refractivity contribution < 1.29 is 9.53 Å². The van der Waals surface area contributed by atoms with E-state index in [0.717, 1.165) is 24.2 Å². The van der Waals surface area contributed by atoms with Gasteiger partial charge in [-0.3, -0.25) is 0 Å². The fraction of sp³-hybridized carbons (Fsp3) is 0.706. The Morgan fingerprint density at radius 2 is 1.75 bits per heavy atom. The van der Waals surface area contributed by atoms with Gasteiger partial charge in [0.05, 0.1) is 6.61 Å². The van der Waals surface area contributed by atoms with Crippen LogP contribution in [0.15, 0.2) is 12.3 Å². The molecule has 0 aliphatic carbocycles. The highest BCUT2D eigenvalue weighted by atomic mass is 16.5. The van der Waals surface area contributed by atoms with Crippen LogP contribution in [0.2, 0.25) is 0 Å². The molecule has 0 atom stereocenters. The maximum absolute atomic E-state index is 11.9. The van der Waals surface area contributed by atoms with E-state index in [2.05, 4.69) is 6.92 Å². The maximum Gasteiger partial charge on any atom is 0.355 e. The predicted octanol–water partition coefficient (Wildman–Crippen LogP) is 4.72. The number of aryl methyl sites for hydroxylation is 2. The topological polar surface area (TPSA) is 31.2 Å². The first kappa shape index (κ1) is 16.8. The molecule has 20 heavy (non-hydrogen) atoms. The molecule has 1 aromatic heterocycles. The Hall–Kier alpha value is -1.25. The zero-order chi connectivity index (χ0) is 14.8. The number of unbranched alkanes of at least 4 members (excludes halogenated alkanes) is 6. The van der Waals surface area contributed by atoms with Crippen LogP contribution in [0.3, 0.4) is 0 Å². The van der Waals surface area contributed by atoms with Crippen molar-refractivity contribution in [3.05, 3.63) is 23.5 Å². The fourth-order valence-electron chi connectivity index (χ4n) is 2.49. The second kappa shape index (κ2) is 9.62. The monoisotopic (exact) mass is 279 g/mol. The first-order valence-electron chi connectivity index (χ1n) is 8.03. The number of aromatic nitrogens is 1. The molecule has 0 radical (unpaired) electrons. The summed E-state index contributed by atoms with van der Waals surface area (Å²) in [7, 11) is 0. The van der Waals surface area contributed by atoms with Crippen molar-refractivity contribution in [3.63, 3.8) is 0 Å². The Kier molecular flexibility index (Phi) is 8.08. The summed E-state index contributed by atoms with van der Waals surface area (Å²) in [4.78, 5) is 11.9. The smallest absolute Gasteiger partial charge is 0.355 e. The predicted molar refractivity (Wildman–Crippen MR) is 83.1 cm³/mol. The largest absolute Gasteiger partial charge is 0.461 e. The molecule has 1 aromatic rings. The van der Waals surface area contributed by atoms with E-state index in [9.17, 15) is 4.79 Å². The van der Waals surface area contributed by atoms with Crippen molar-refractivity contribution in [2.45, 2.75) is 72.3 Å². The summed E-state index contributed by atoms with van der Waals surface area (Å²) >= 11 is 0. The summed E-state index contributed by atoms with van der Waals surface area (Å²) < 4.78 is 7.16. The minimum atomic E-state index is -0.196. The van der Waals surface area contributed by atoms with Crippen LogP contribution in [0.25, 0.3) is 0 Å². The summed E-state index contributed by atoms with van der Waals surface area (Å²) in [6, 6.07) is 1.99. The first-order chi connectivity index (χ1) is 9.70. The van der Waals surface area contributed by atoms with Crippen molar-refractivity contribution in [2.75, 3.05) is 6.61 Å². The van der Waals surface area contributed by atoms with Gasteiger partial charge in [-0.05, 0) is 31.9 Å². The van der Waals surface area contributed by atoms with E-state index in [-0.39, 0.29) is 5.97 Å². The van der Waals surface area contributed by atoms with Crippen molar-refractivity contribution in [1.82, 2.24) is 4.57 Å². The summed E-state index contributed by atoms with van der Waals surface area (Å²) in [5.41, 5.74) is 1.73. The Morgan fingerprint density at radius 3 is 2.40 bits per heavy atom. The van der Waals surface area contributed by atoms with E-state index >= 15 is 0 Å². The number of carbonyl (C=O) groups excluding carboxylic acids is 1. The van der Waals surface area contributed by atoms with E-state index in [1.54, 1.807) is 0 Å². The highest BCUT2D eigenvalue weighted by Crippen LogP contribution is 2.14. The van der Waals surface area contributed by atoms with Crippen molar-refractivity contribution >= 4 is 5.97 Å². The van der Waals surface area contributed by atoms with Gasteiger partial charge in [0.25, 0.3) is 0 Å². The lowest BCUT2D eigenvalue weighted by Crippen LogP contribution is -2.13. The summed E-state index contributed by atoms with van der Waals surface area (Å²) in [6.07, 6.45) is 11.0. The fourth-order valence-corrected chi connectivity index (χ4v) is 2.49. The molecule has 0 bridgehead atoms. The van der Waals surface area contributed by atoms with Crippen LogP contribution in [0.4, 0.5) is 0 Å². The molecule has 0 saturated carbocycles. The lowest BCUT2D eigenvalue weighted by molar-refractivity contribution is 0.0512. The third-order valence-corrected chi connectivity index (χ3v) is 3.64. The second-order valence-corrected chi connectivity index (χ2v) is 5.38. The van der Waals surface area contributed by atoms with Crippen molar-refractivity contribution in [3.8, 4) is 0 Å².